The van der Waals surface area contributed by atoms with E-state index in [1.807, 2.05) is 52.0 Å². The molecule has 0 saturated carbocycles. The minimum absolute atomic E-state index is 0.0216. The lowest BCUT2D eigenvalue weighted by atomic mass is 10.0. The third-order valence-electron chi connectivity index (χ3n) is 5.20. The van der Waals surface area contributed by atoms with Crippen LogP contribution in [0.25, 0.3) is 11.0 Å². The van der Waals surface area contributed by atoms with Crippen molar-refractivity contribution in [3.05, 3.63) is 73.6 Å². The van der Waals surface area contributed by atoms with Crippen LogP contribution >= 0.6 is 0 Å². The summed E-state index contributed by atoms with van der Waals surface area (Å²) in [7, 11) is 0. The van der Waals surface area contributed by atoms with E-state index in [9.17, 15) is 14.4 Å². The van der Waals surface area contributed by atoms with Crippen LogP contribution in [0.15, 0.2) is 39.9 Å². The van der Waals surface area contributed by atoms with Gasteiger partial charge in [0.2, 0.25) is 0 Å². The minimum atomic E-state index is -0.606. The highest BCUT2D eigenvalue weighted by atomic mass is 16.5. The monoisotopic (exact) mass is 438 g/mol. The van der Waals surface area contributed by atoms with E-state index in [4.69, 9.17) is 4.74 Å². The Morgan fingerprint density at radius 1 is 1.16 bits per heavy atom. The molecule has 3 rings (SSSR count). The number of aromatic nitrogens is 3. The van der Waals surface area contributed by atoms with Gasteiger partial charge in [0.15, 0.2) is 5.65 Å². The topological polar surface area (TPSA) is 106 Å². The number of aryl methyl sites for hydroxylation is 1. The van der Waals surface area contributed by atoms with Gasteiger partial charge in [0, 0.05) is 25.4 Å². The van der Waals surface area contributed by atoms with Crippen LogP contribution in [0, 0.1) is 0 Å². The van der Waals surface area contributed by atoms with Crippen molar-refractivity contribution < 1.29 is 9.53 Å². The Kier molecular flexibility index (Phi) is 7.58. The maximum atomic E-state index is 13.1. The zero-order valence-corrected chi connectivity index (χ0v) is 19.0. The molecule has 8 heteroatoms. The van der Waals surface area contributed by atoms with E-state index < -0.39 is 11.2 Å². The average molecular weight is 439 g/mol. The zero-order chi connectivity index (χ0) is 23.3. The molecule has 3 aromatic rings. The largest absolute Gasteiger partial charge is 0.377 e. The number of carbonyl (C=O) groups excluding carboxylic acids is 1. The predicted molar refractivity (Wildman–Crippen MR) is 124 cm³/mol. The number of ether oxygens (including phenoxy) is 1. The molecule has 0 saturated heterocycles. The van der Waals surface area contributed by atoms with E-state index >= 15 is 0 Å². The van der Waals surface area contributed by atoms with Crippen molar-refractivity contribution in [3.63, 3.8) is 0 Å². The van der Waals surface area contributed by atoms with Crippen molar-refractivity contribution in [1.82, 2.24) is 19.9 Å². The first-order chi connectivity index (χ1) is 15.3. The van der Waals surface area contributed by atoms with Crippen LogP contribution in [-0.2, 0) is 24.4 Å². The molecule has 0 atom stereocenters. The van der Waals surface area contributed by atoms with Gasteiger partial charge >= 0.3 is 5.69 Å². The van der Waals surface area contributed by atoms with Crippen molar-refractivity contribution in [2.75, 3.05) is 6.61 Å². The molecule has 2 N–H and O–H groups in total. The number of hydrogen-bond acceptors (Lipinski definition) is 5. The van der Waals surface area contributed by atoms with Crippen molar-refractivity contribution in [2.24, 2.45) is 0 Å². The molecular weight excluding hydrogens is 408 g/mol. The number of aromatic amines is 1. The summed E-state index contributed by atoms with van der Waals surface area (Å²) in [6, 6.07) is 9.44. The summed E-state index contributed by atoms with van der Waals surface area (Å²) in [5.41, 5.74) is 1.98. The summed E-state index contributed by atoms with van der Waals surface area (Å²) < 4.78 is 6.83. The molecule has 0 fully saturated rings. The smallest absolute Gasteiger partial charge is 0.329 e. The number of pyridine rings is 1. The second kappa shape index (κ2) is 10.4. The third kappa shape index (κ3) is 5.13. The molecule has 0 unspecified atom stereocenters. The molecule has 0 bridgehead atoms. The Balaban J connectivity index is 1.96. The summed E-state index contributed by atoms with van der Waals surface area (Å²) in [6.07, 6.45) is 0.690. The number of nitrogens with zero attached hydrogens (tertiary/aromatic N) is 2. The zero-order valence-electron chi connectivity index (χ0n) is 19.0. The normalized spacial score (nSPS) is 11.3. The molecule has 170 valence electrons. The van der Waals surface area contributed by atoms with Gasteiger partial charge in [-0.3, -0.25) is 19.1 Å². The Morgan fingerprint density at radius 3 is 2.47 bits per heavy atom. The number of nitrogens with one attached hydrogen (secondary N) is 2. The van der Waals surface area contributed by atoms with Crippen molar-refractivity contribution in [3.8, 4) is 0 Å². The number of hydrogen-bond donors (Lipinski definition) is 2. The van der Waals surface area contributed by atoms with Gasteiger partial charge in [0.05, 0.1) is 17.6 Å². The number of amides is 1. The lowest BCUT2D eigenvalue weighted by molar-refractivity contribution is 0.0952. The Hall–Kier alpha value is -3.26. The fourth-order valence-corrected chi connectivity index (χ4v) is 3.45. The van der Waals surface area contributed by atoms with Crippen LogP contribution in [0.3, 0.4) is 0 Å². The molecule has 2 aromatic heterocycles. The average Bonchev–Trinajstić information content (AvgIpc) is 2.78. The number of H-pyrrole nitrogens is 1. The molecule has 0 aliphatic rings. The first kappa shape index (κ1) is 23.4. The van der Waals surface area contributed by atoms with E-state index in [-0.39, 0.29) is 28.4 Å². The molecule has 32 heavy (non-hydrogen) atoms. The van der Waals surface area contributed by atoms with Crippen molar-refractivity contribution in [1.29, 1.82) is 0 Å². The highest BCUT2D eigenvalue weighted by Crippen LogP contribution is 2.20. The fraction of sp³-hybridized carbons (Fsp3) is 0.417. The minimum Gasteiger partial charge on any atom is -0.377 e. The maximum absolute atomic E-state index is 13.1. The van der Waals surface area contributed by atoms with Gasteiger partial charge in [-0.2, -0.15) is 0 Å². The SMILES string of the molecule is CCCn1c(=O)[nH]c(=O)c2c(C(=O)NCc3ccc(COCC)cc3)cc(C(C)C)nc21. The van der Waals surface area contributed by atoms with E-state index in [1.165, 1.54) is 4.57 Å². The molecule has 0 aliphatic carbocycles. The van der Waals surface area contributed by atoms with Gasteiger partial charge in [-0.05, 0) is 36.5 Å². The number of rotatable bonds is 9. The summed E-state index contributed by atoms with van der Waals surface area (Å²) in [5, 5.41) is 3.02. The number of carbonyl (C=O) groups is 1. The molecular formula is C24H30N4O4. The molecule has 8 nitrogen and oxygen atoms in total. The second-order valence-corrected chi connectivity index (χ2v) is 8.00. The summed E-state index contributed by atoms with van der Waals surface area (Å²) >= 11 is 0. The van der Waals surface area contributed by atoms with Crippen LogP contribution in [-0.4, -0.2) is 27.0 Å². The van der Waals surface area contributed by atoms with E-state index in [0.29, 0.717) is 38.4 Å². The Bertz CT molecular complexity index is 1210. The summed E-state index contributed by atoms with van der Waals surface area (Å²) in [5.74, 6) is -0.363. The lowest BCUT2D eigenvalue weighted by Crippen LogP contribution is -2.33. The molecule has 2 heterocycles. The molecule has 0 radical (unpaired) electrons. The predicted octanol–water partition coefficient (Wildman–Crippen LogP) is 3.08. The first-order valence-corrected chi connectivity index (χ1v) is 11.0. The van der Waals surface area contributed by atoms with Crippen LogP contribution in [0.1, 0.15) is 67.2 Å². The van der Waals surface area contributed by atoms with Crippen LogP contribution < -0.4 is 16.6 Å². The lowest BCUT2D eigenvalue weighted by Gasteiger charge is -2.14. The third-order valence-corrected chi connectivity index (χ3v) is 5.20. The van der Waals surface area contributed by atoms with Gasteiger partial charge in [-0.1, -0.05) is 45.0 Å². The summed E-state index contributed by atoms with van der Waals surface area (Å²) in [6.45, 7) is 9.70. The second-order valence-electron chi connectivity index (χ2n) is 8.00. The van der Waals surface area contributed by atoms with Crippen LogP contribution in [0.5, 0.6) is 0 Å². The summed E-state index contributed by atoms with van der Waals surface area (Å²) in [4.78, 5) is 45.0. The van der Waals surface area contributed by atoms with Gasteiger partial charge in [0.25, 0.3) is 11.5 Å². The van der Waals surface area contributed by atoms with Gasteiger partial charge in [-0.25, -0.2) is 9.78 Å². The van der Waals surface area contributed by atoms with Gasteiger partial charge in [0.1, 0.15) is 0 Å². The maximum Gasteiger partial charge on any atom is 0.329 e. The van der Waals surface area contributed by atoms with Crippen LogP contribution in [0.4, 0.5) is 0 Å². The van der Waals surface area contributed by atoms with E-state index in [1.54, 1.807) is 6.07 Å². The van der Waals surface area contributed by atoms with Crippen LogP contribution in [0.2, 0.25) is 0 Å². The highest BCUT2D eigenvalue weighted by Gasteiger charge is 2.20. The molecule has 0 spiro atoms. The first-order valence-electron chi connectivity index (χ1n) is 11.0. The quantitative estimate of drug-likeness (QED) is 0.534. The number of benzene rings is 1. The van der Waals surface area contributed by atoms with Crippen molar-refractivity contribution >= 4 is 16.9 Å². The standard InChI is InChI=1S/C24H30N4O4/c1-5-11-28-21-20(23(30)27-24(28)31)18(12-19(26-21)15(3)4)22(29)25-13-16-7-9-17(10-8-16)14-32-6-2/h7-10,12,15H,5-6,11,13-14H2,1-4H3,(H,25,29)(H,27,30,31). The highest BCUT2D eigenvalue weighted by molar-refractivity contribution is 6.05. The van der Waals surface area contributed by atoms with Gasteiger partial charge in [-0.15, -0.1) is 0 Å². The molecule has 0 aliphatic heterocycles. The molecule has 1 amide bonds. The van der Waals surface area contributed by atoms with E-state index in [2.05, 4.69) is 15.3 Å². The van der Waals surface area contributed by atoms with Gasteiger partial charge < -0.3 is 10.1 Å². The Morgan fingerprint density at radius 2 is 1.84 bits per heavy atom. The van der Waals surface area contributed by atoms with E-state index in [0.717, 1.165) is 11.1 Å². The molecule has 1 aromatic carbocycles. The van der Waals surface area contributed by atoms with Crippen molar-refractivity contribution in [2.45, 2.75) is 59.7 Å². The Labute approximate surface area is 186 Å². The fourth-order valence-electron chi connectivity index (χ4n) is 3.45. The number of fused-ring (bicyclic) bond motifs is 1.